The normalized spacial score (nSPS) is 10.9. The van der Waals surface area contributed by atoms with E-state index in [1.54, 1.807) is 19.1 Å². The van der Waals surface area contributed by atoms with E-state index < -0.39 is 34.3 Å². The minimum atomic E-state index is -4.19. The van der Waals surface area contributed by atoms with Crippen molar-refractivity contribution in [2.75, 3.05) is 29.9 Å². The van der Waals surface area contributed by atoms with Crippen LogP contribution in [0.1, 0.15) is 17.3 Å². The zero-order chi connectivity index (χ0) is 24.7. The first-order valence-corrected chi connectivity index (χ1v) is 11.7. The van der Waals surface area contributed by atoms with Gasteiger partial charge in [0.25, 0.3) is 10.0 Å². The average molecular weight is 487 g/mol. The summed E-state index contributed by atoms with van der Waals surface area (Å²) in [6, 6.07) is 16.5. The second kappa shape index (κ2) is 10.8. The van der Waals surface area contributed by atoms with Gasteiger partial charge >= 0.3 is 5.97 Å². The minimum Gasteiger partial charge on any atom is -0.494 e. The molecule has 0 aliphatic heterocycles. The Kier molecular flexibility index (Phi) is 7.85. The topological polar surface area (TPSA) is 102 Å². The molecule has 8 nitrogen and oxygen atoms in total. The Hall–Kier alpha value is -3.92. The maximum atomic E-state index is 13.5. The Bertz CT molecular complexity index is 1260. The van der Waals surface area contributed by atoms with Crippen LogP contribution in [0.2, 0.25) is 0 Å². The minimum absolute atomic E-state index is 0.0687. The lowest BCUT2D eigenvalue weighted by Gasteiger charge is -2.24. The van der Waals surface area contributed by atoms with Gasteiger partial charge in [0.05, 0.1) is 29.9 Å². The van der Waals surface area contributed by atoms with Crippen LogP contribution >= 0.6 is 0 Å². The maximum Gasteiger partial charge on any atom is 0.337 e. The second-order valence-electron chi connectivity index (χ2n) is 7.01. The number of ether oxygens (including phenoxy) is 2. The summed E-state index contributed by atoms with van der Waals surface area (Å²) >= 11 is 0. The molecule has 0 fully saturated rings. The van der Waals surface area contributed by atoms with E-state index in [0.29, 0.717) is 12.4 Å². The van der Waals surface area contributed by atoms with Crippen molar-refractivity contribution in [2.24, 2.45) is 0 Å². The highest BCUT2D eigenvalue weighted by molar-refractivity contribution is 7.92. The van der Waals surface area contributed by atoms with Crippen LogP contribution in [0.15, 0.2) is 77.7 Å². The molecule has 34 heavy (non-hydrogen) atoms. The molecule has 3 aromatic carbocycles. The number of sulfonamides is 1. The van der Waals surface area contributed by atoms with Crippen LogP contribution in [0.3, 0.4) is 0 Å². The largest absolute Gasteiger partial charge is 0.494 e. The molecular weight excluding hydrogens is 463 g/mol. The van der Waals surface area contributed by atoms with Crippen molar-refractivity contribution in [3.63, 3.8) is 0 Å². The molecule has 0 spiro atoms. The number of nitrogens with zero attached hydrogens (tertiary/aromatic N) is 1. The SMILES string of the molecule is CCOc1ccc(S(=O)(=O)N(CC(=O)Nc2cccc(C(=O)OC)c2)c2ccc(F)cc2)cc1. The third kappa shape index (κ3) is 5.90. The summed E-state index contributed by atoms with van der Waals surface area (Å²) in [6.07, 6.45) is 0. The Morgan fingerprint density at radius 2 is 1.68 bits per heavy atom. The van der Waals surface area contributed by atoms with E-state index >= 15 is 0 Å². The molecule has 3 aromatic rings. The quantitative estimate of drug-likeness (QED) is 0.461. The Morgan fingerprint density at radius 3 is 2.29 bits per heavy atom. The van der Waals surface area contributed by atoms with Crippen LogP contribution in [0.25, 0.3) is 0 Å². The zero-order valence-corrected chi connectivity index (χ0v) is 19.3. The number of amides is 1. The number of anilines is 2. The zero-order valence-electron chi connectivity index (χ0n) is 18.5. The second-order valence-corrected chi connectivity index (χ2v) is 8.88. The van der Waals surface area contributed by atoms with E-state index in [9.17, 15) is 22.4 Å². The molecule has 0 atom stereocenters. The summed E-state index contributed by atoms with van der Waals surface area (Å²) in [4.78, 5) is 24.5. The molecule has 0 saturated carbocycles. The van der Waals surface area contributed by atoms with Crippen LogP contribution in [0.4, 0.5) is 15.8 Å². The van der Waals surface area contributed by atoms with Gasteiger partial charge in [-0.05, 0) is 73.7 Å². The summed E-state index contributed by atoms with van der Waals surface area (Å²) < 4.78 is 51.2. The standard InChI is InChI=1S/C24H23FN2O6S/c1-3-33-21-11-13-22(14-12-21)34(30,31)27(20-9-7-18(25)8-10-20)16-23(28)26-19-6-4-5-17(15-19)24(29)32-2/h4-15H,3,16H2,1-2H3,(H,26,28). The van der Waals surface area contributed by atoms with Gasteiger partial charge in [-0.25, -0.2) is 17.6 Å². The van der Waals surface area contributed by atoms with Crippen molar-refractivity contribution in [3.8, 4) is 5.75 Å². The molecule has 0 heterocycles. The van der Waals surface area contributed by atoms with Gasteiger partial charge < -0.3 is 14.8 Å². The lowest BCUT2D eigenvalue weighted by Crippen LogP contribution is -2.38. The van der Waals surface area contributed by atoms with Gasteiger partial charge in [0.1, 0.15) is 18.1 Å². The fourth-order valence-electron chi connectivity index (χ4n) is 3.10. The molecule has 0 aliphatic rings. The summed E-state index contributed by atoms with van der Waals surface area (Å²) in [6.45, 7) is 1.63. The number of hydrogen-bond acceptors (Lipinski definition) is 6. The predicted molar refractivity (Wildman–Crippen MR) is 125 cm³/mol. The van der Waals surface area contributed by atoms with Crippen molar-refractivity contribution < 1.29 is 31.9 Å². The molecule has 1 N–H and O–H groups in total. The predicted octanol–water partition coefficient (Wildman–Crippen LogP) is 3.85. The molecule has 0 bridgehead atoms. The molecule has 10 heteroatoms. The highest BCUT2D eigenvalue weighted by Crippen LogP contribution is 2.26. The average Bonchev–Trinajstić information content (AvgIpc) is 2.83. The molecule has 1 amide bonds. The van der Waals surface area contributed by atoms with E-state index in [1.807, 2.05) is 0 Å². The van der Waals surface area contributed by atoms with Crippen LogP contribution in [-0.4, -0.2) is 40.6 Å². The van der Waals surface area contributed by atoms with Crippen molar-refractivity contribution in [3.05, 3.63) is 84.2 Å². The summed E-state index contributed by atoms with van der Waals surface area (Å²) in [5.74, 6) is -1.30. The van der Waals surface area contributed by atoms with Gasteiger partial charge in [0, 0.05) is 5.69 Å². The summed E-state index contributed by atoms with van der Waals surface area (Å²) in [7, 11) is -2.96. The van der Waals surface area contributed by atoms with Gasteiger partial charge in [-0.15, -0.1) is 0 Å². The van der Waals surface area contributed by atoms with Crippen molar-refractivity contribution in [2.45, 2.75) is 11.8 Å². The van der Waals surface area contributed by atoms with Crippen molar-refractivity contribution >= 4 is 33.3 Å². The van der Waals surface area contributed by atoms with Gasteiger partial charge in [-0.1, -0.05) is 6.07 Å². The van der Waals surface area contributed by atoms with E-state index in [4.69, 9.17) is 4.74 Å². The molecule has 0 radical (unpaired) electrons. The van der Waals surface area contributed by atoms with E-state index in [1.165, 1.54) is 55.6 Å². The van der Waals surface area contributed by atoms with Gasteiger partial charge in [-0.3, -0.25) is 9.10 Å². The Morgan fingerprint density at radius 1 is 1.00 bits per heavy atom. The molecule has 178 valence electrons. The van der Waals surface area contributed by atoms with Crippen LogP contribution < -0.4 is 14.4 Å². The van der Waals surface area contributed by atoms with Crippen molar-refractivity contribution in [1.29, 1.82) is 0 Å². The Labute approximate surface area is 197 Å². The number of esters is 1. The smallest absolute Gasteiger partial charge is 0.337 e. The van der Waals surface area contributed by atoms with E-state index in [0.717, 1.165) is 16.4 Å². The third-order valence-electron chi connectivity index (χ3n) is 4.69. The Balaban J connectivity index is 1.90. The molecule has 3 rings (SSSR count). The number of halogens is 1. The lowest BCUT2D eigenvalue weighted by molar-refractivity contribution is -0.114. The fourth-order valence-corrected chi connectivity index (χ4v) is 4.52. The highest BCUT2D eigenvalue weighted by Gasteiger charge is 2.27. The maximum absolute atomic E-state index is 13.5. The van der Waals surface area contributed by atoms with Gasteiger partial charge in [0.15, 0.2) is 0 Å². The number of methoxy groups -OCH3 is 1. The fraction of sp³-hybridized carbons (Fsp3) is 0.167. The number of nitrogens with one attached hydrogen (secondary N) is 1. The number of hydrogen-bond donors (Lipinski definition) is 1. The number of benzene rings is 3. The highest BCUT2D eigenvalue weighted by atomic mass is 32.2. The lowest BCUT2D eigenvalue weighted by atomic mass is 10.2. The summed E-state index contributed by atoms with van der Waals surface area (Å²) in [5.41, 5.74) is 0.608. The summed E-state index contributed by atoms with van der Waals surface area (Å²) in [5, 5.41) is 2.58. The molecular formula is C24H23FN2O6S. The first-order chi connectivity index (χ1) is 16.2. The monoisotopic (exact) mass is 486 g/mol. The van der Waals surface area contributed by atoms with Crippen molar-refractivity contribution in [1.82, 2.24) is 0 Å². The first kappa shape index (κ1) is 24.7. The number of carbonyl (C=O) groups excluding carboxylic acids is 2. The number of carbonyl (C=O) groups is 2. The van der Waals surface area contributed by atoms with E-state index in [2.05, 4.69) is 10.1 Å². The molecule has 0 unspecified atom stereocenters. The van der Waals surface area contributed by atoms with Crippen LogP contribution in [0.5, 0.6) is 5.75 Å². The molecule has 0 aromatic heterocycles. The van der Waals surface area contributed by atoms with Crippen LogP contribution in [0, 0.1) is 5.82 Å². The van der Waals surface area contributed by atoms with E-state index in [-0.39, 0.29) is 21.8 Å². The number of rotatable bonds is 9. The first-order valence-electron chi connectivity index (χ1n) is 10.2. The molecule has 0 saturated heterocycles. The van der Waals surface area contributed by atoms with Gasteiger partial charge in [-0.2, -0.15) is 0 Å². The molecule has 0 aliphatic carbocycles. The van der Waals surface area contributed by atoms with Crippen LogP contribution in [-0.2, 0) is 19.6 Å². The third-order valence-corrected chi connectivity index (χ3v) is 6.48. The van der Waals surface area contributed by atoms with Gasteiger partial charge in [0.2, 0.25) is 5.91 Å².